The van der Waals surface area contributed by atoms with Crippen LogP contribution in [-0.4, -0.2) is 55.2 Å². The SMILES string of the molecule is O=C(Cc1cc(Cl)c2c(c1)OCCCO2)N1CCN(c2ncc(Cl)cc2Cl)CC1. The third kappa shape index (κ3) is 4.65. The maximum Gasteiger partial charge on any atom is 0.227 e. The van der Waals surface area contributed by atoms with Crippen molar-refractivity contribution in [3.05, 3.63) is 45.0 Å². The van der Waals surface area contributed by atoms with Crippen molar-refractivity contribution >= 4 is 46.5 Å². The van der Waals surface area contributed by atoms with Crippen molar-refractivity contribution in [1.29, 1.82) is 0 Å². The maximum atomic E-state index is 12.8. The first-order chi connectivity index (χ1) is 14.0. The van der Waals surface area contributed by atoms with Crippen LogP contribution in [0.25, 0.3) is 0 Å². The van der Waals surface area contributed by atoms with E-state index >= 15 is 0 Å². The zero-order valence-corrected chi connectivity index (χ0v) is 17.9. The standard InChI is InChI=1S/C20H20Cl3N3O3/c21-14-11-16(23)20(24-12-14)26-4-2-25(3-5-26)18(27)10-13-8-15(22)19-17(9-13)28-6-1-7-29-19/h8-9,11-12H,1-7,10H2. The van der Waals surface area contributed by atoms with Crippen LogP contribution in [0.5, 0.6) is 11.5 Å². The van der Waals surface area contributed by atoms with Gasteiger partial charge in [-0.05, 0) is 23.8 Å². The number of hydrogen-bond acceptors (Lipinski definition) is 5. The fraction of sp³-hybridized carbons (Fsp3) is 0.400. The summed E-state index contributed by atoms with van der Waals surface area (Å²) in [6, 6.07) is 5.30. The number of nitrogens with zero attached hydrogens (tertiary/aromatic N) is 3. The van der Waals surface area contributed by atoms with Gasteiger partial charge in [0.25, 0.3) is 0 Å². The molecule has 0 spiro atoms. The number of aromatic nitrogens is 1. The summed E-state index contributed by atoms with van der Waals surface area (Å²) in [6.45, 7) is 3.64. The smallest absolute Gasteiger partial charge is 0.227 e. The van der Waals surface area contributed by atoms with E-state index in [1.807, 2.05) is 11.0 Å². The first-order valence-corrected chi connectivity index (χ1v) is 10.6. The highest BCUT2D eigenvalue weighted by atomic mass is 35.5. The van der Waals surface area contributed by atoms with Crippen LogP contribution in [0.1, 0.15) is 12.0 Å². The summed E-state index contributed by atoms with van der Waals surface area (Å²) in [4.78, 5) is 21.0. The predicted octanol–water partition coefficient (Wildman–Crippen LogP) is 4.09. The summed E-state index contributed by atoms with van der Waals surface area (Å²) in [7, 11) is 0. The lowest BCUT2D eigenvalue weighted by atomic mass is 10.1. The quantitative estimate of drug-likeness (QED) is 0.696. The Morgan fingerprint density at radius 2 is 1.76 bits per heavy atom. The molecular formula is C20H20Cl3N3O3. The number of pyridine rings is 1. The van der Waals surface area contributed by atoms with Crippen molar-refractivity contribution in [2.45, 2.75) is 12.8 Å². The molecule has 6 nitrogen and oxygen atoms in total. The van der Waals surface area contributed by atoms with Gasteiger partial charge < -0.3 is 19.3 Å². The molecule has 0 unspecified atom stereocenters. The molecule has 0 bridgehead atoms. The van der Waals surface area contributed by atoms with Crippen LogP contribution in [0.15, 0.2) is 24.4 Å². The molecule has 1 aromatic heterocycles. The lowest BCUT2D eigenvalue weighted by Gasteiger charge is -2.35. The molecular weight excluding hydrogens is 437 g/mol. The molecule has 3 heterocycles. The van der Waals surface area contributed by atoms with Gasteiger partial charge in [0.1, 0.15) is 5.82 Å². The molecule has 9 heteroatoms. The second kappa shape index (κ2) is 8.86. The van der Waals surface area contributed by atoms with Crippen molar-refractivity contribution in [3.8, 4) is 11.5 Å². The van der Waals surface area contributed by atoms with Crippen molar-refractivity contribution < 1.29 is 14.3 Å². The first kappa shape index (κ1) is 20.4. The summed E-state index contributed by atoms with van der Waals surface area (Å²) < 4.78 is 11.4. The predicted molar refractivity (Wildman–Crippen MR) is 114 cm³/mol. The molecule has 2 aliphatic heterocycles. The molecule has 0 radical (unpaired) electrons. The summed E-state index contributed by atoms with van der Waals surface area (Å²) in [6.07, 6.45) is 2.64. The number of fused-ring (bicyclic) bond motifs is 1. The first-order valence-electron chi connectivity index (χ1n) is 9.43. The molecule has 1 amide bonds. The Morgan fingerprint density at radius 1 is 1.00 bits per heavy atom. The van der Waals surface area contributed by atoms with Gasteiger partial charge >= 0.3 is 0 Å². The average molecular weight is 457 g/mol. The van der Waals surface area contributed by atoms with E-state index in [9.17, 15) is 4.79 Å². The van der Waals surface area contributed by atoms with Crippen molar-refractivity contribution in [3.63, 3.8) is 0 Å². The van der Waals surface area contributed by atoms with E-state index in [-0.39, 0.29) is 12.3 Å². The molecule has 154 valence electrons. The number of hydrogen-bond donors (Lipinski definition) is 0. The van der Waals surface area contributed by atoms with Crippen LogP contribution >= 0.6 is 34.8 Å². The summed E-state index contributed by atoms with van der Waals surface area (Å²) in [5.74, 6) is 1.90. The highest BCUT2D eigenvalue weighted by Gasteiger charge is 2.24. The Morgan fingerprint density at radius 3 is 2.52 bits per heavy atom. The fourth-order valence-electron chi connectivity index (χ4n) is 3.48. The normalized spacial score (nSPS) is 16.5. The number of ether oxygens (including phenoxy) is 2. The van der Waals surface area contributed by atoms with Crippen LogP contribution in [0.2, 0.25) is 15.1 Å². The van der Waals surface area contributed by atoms with E-state index in [0.29, 0.717) is 71.8 Å². The van der Waals surface area contributed by atoms with Crippen LogP contribution in [0.4, 0.5) is 5.82 Å². The second-order valence-electron chi connectivity index (χ2n) is 6.96. The van der Waals surface area contributed by atoms with E-state index in [2.05, 4.69) is 9.88 Å². The Bertz CT molecular complexity index is 917. The van der Waals surface area contributed by atoms with Gasteiger partial charge in [0.15, 0.2) is 11.5 Å². The monoisotopic (exact) mass is 455 g/mol. The number of rotatable bonds is 3. The Kier molecular flexibility index (Phi) is 6.23. The van der Waals surface area contributed by atoms with Crippen molar-refractivity contribution in [2.24, 2.45) is 0 Å². The highest BCUT2D eigenvalue weighted by molar-refractivity contribution is 6.36. The number of carbonyl (C=O) groups is 1. The second-order valence-corrected chi connectivity index (χ2v) is 8.21. The minimum Gasteiger partial charge on any atom is -0.489 e. The zero-order valence-electron chi connectivity index (χ0n) is 15.7. The molecule has 0 aliphatic carbocycles. The number of piperazine rings is 1. The molecule has 29 heavy (non-hydrogen) atoms. The maximum absolute atomic E-state index is 12.8. The highest BCUT2D eigenvalue weighted by Crippen LogP contribution is 2.38. The zero-order chi connectivity index (χ0) is 20.4. The van der Waals surface area contributed by atoms with E-state index in [4.69, 9.17) is 44.3 Å². The van der Waals surface area contributed by atoms with Crippen LogP contribution in [-0.2, 0) is 11.2 Å². The third-order valence-electron chi connectivity index (χ3n) is 4.94. The van der Waals surface area contributed by atoms with E-state index in [0.717, 1.165) is 12.0 Å². The van der Waals surface area contributed by atoms with E-state index < -0.39 is 0 Å². The topological polar surface area (TPSA) is 54.9 Å². The molecule has 2 aromatic rings. The Labute approximate surface area is 184 Å². The van der Waals surface area contributed by atoms with Gasteiger partial charge in [0.2, 0.25) is 5.91 Å². The van der Waals surface area contributed by atoms with Gasteiger partial charge in [-0.25, -0.2) is 4.98 Å². The molecule has 1 fully saturated rings. The van der Waals surface area contributed by atoms with E-state index in [1.54, 1.807) is 18.3 Å². The molecule has 1 saturated heterocycles. The van der Waals surface area contributed by atoms with Gasteiger partial charge in [-0.2, -0.15) is 0 Å². The largest absolute Gasteiger partial charge is 0.489 e. The molecule has 1 aromatic carbocycles. The number of amides is 1. The number of carbonyl (C=O) groups excluding carboxylic acids is 1. The van der Waals surface area contributed by atoms with Gasteiger partial charge in [-0.1, -0.05) is 34.8 Å². The summed E-state index contributed by atoms with van der Waals surface area (Å²) >= 11 is 18.5. The fourth-order valence-corrected chi connectivity index (χ4v) is 4.27. The van der Waals surface area contributed by atoms with Gasteiger partial charge in [-0.15, -0.1) is 0 Å². The third-order valence-corrected chi connectivity index (χ3v) is 5.70. The number of halogens is 3. The summed E-state index contributed by atoms with van der Waals surface area (Å²) in [5, 5.41) is 1.49. The minimum atomic E-state index is 0.0466. The van der Waals surface area contributed by atoms with Crippen LogP contribution in [0.3, 0.4) is 0 Å². The number of anilines is 1. The van der Waals surface area contributed by atoms with Gasteiger partial charge in [-0.3, -0.25) is 4.79 Å². The van der Waals surface area contributed by atoms with Crippen molar-refractivity contribution in [1.82, 2.24) is 9.88 Å². The molecule has 0 atom stereocenters. The van der Waals surface area contributed by atoms with Crippen molar-refractivity contribution in [2.75, 3.05) is 44.3 Å². The van der Waals surface area contributed by atoms with Crippen LogP contribution in [0, 0.1) is 0 Å². The number of benzene rings is 1. The van der Waals surface area contributed by atoms with Crippen LogP contribution < -0.4 is 14.4 Å². The van der Waals surface area contributed by atoms with Gasteiger partial charge in [0, 0.05) is 38.8 Å². The molecule has 0 saturated carbocycles. The molecule has 2 aliphatic rings. The van der Waals surface area contributed by atoms with Gasteiger partial charge in [0.05, 0.1) is 34.7 Å². The van der Waals surface area contributed by atoms with E-state index in [1.165, 1.54) is 0 Å². The Balaban J connectivity index is 1.39. The lowest BCUT2D eigenvalue weighted by Crippen LogP contribution is -2.49. The Hall–Kier alpha value is -1.89. The minimum absolute atomic E-state index is 0.0466. The molecule has 0 N–H and O–H groups in total. The molecule has 4 rings (SSSR count). The lowest BCUT2D eigenvalue weighted by molar-refractivity contribution is -0.130. The summed E-state index contributed by atoms with van der Waals surface area (Å²) in [5.41, 5.74) is 0.814. The average Bonchev–Trinajstić information content (AvgIpc) is 2.94.